The minimum atomic E-state index is 0.461. The van der Waals surface area contributed by atoms with Gasteiger partial charge in [-0.2, -0.15) is 10.1 Å². The van der Waals surface area contributed by atoms with Gasteiger partial charge in [0.25, 0.3) is 0 Å². The van der Waals surface area contributed by atoms with E-state index in [1.54, 1.807) is 6.20 Å². The topological polar surface area (TPSA) is 62.7 Å². The molecule has 0 unspecified atom stereocenters. The maximum atomic E-state index is 4.43. The summed E-state index contributed by atoms with van der Waals surface area (Å²) in [6, 6.07) is 18.1. The number of aromatic nitrogens is 3. The lowest BCUT2D eigenvalue weighted by molar-refractivity contribution is 0.867. The van der Waals surface area contributed by atoms with E-state index in [-0.39, 0.29) is 0 Å². The van der Waals surface area contributed by atoms with Crippen LogP contribution in [0.5, 0.6) is 0 Å². The summed E-state index contributed by atoms with van der Waals surface area (Å²) in [4.78, 5) is 4.43. The molecule has 0 fully saturated rings. The predicted octanol–water partition coefficient (Wildman–Crippen LogP) is 4.48. The van der Waals surface area contributed by atoms with E-state index in [0.717, 1.165) is 11.4 Å². The van der Waals surface area contributed by atoms with Gasteiger partial charge in [-0.1, -0.05) is 44.2 Å². The molecule has 1 aromatic heterocycles. The highest BCUT2D eigenvalue weighted by molar-refractivity contribution is 5.58. The molecule has 0 saturated heterocycles. The Morgan fingerprint density at radius 2 is 1.52 bits per heavy atom. The molecule has 0 spiro atoms. The van der Waals surface area contributed by atoms with E-state index in [2.05, 4.69) is 51.8 Å². The first kappa shape index (κ1) is 15.0. The summed E-state index contributed by atoms with van der Waals surface area (Å²) >= 11 is 0. The first-order valence-electron chi connectivity index (χ1n) is 7.59. The number of hydrogen-bond acceptors (Lipinski definition) is 5. The van der Waals surface area contributed by atoms with Gasteiger partial charge in [0.2, 0.25) is 5.95 Å². The SMILES string of the molecule is CC(C)c1ccc(Nc2nncc(Nc3ccccc3)n2)cc1. The zero-order valence-electron chi connectivity index (χ0n) is 13.2. The average molecular weight is 305 g/mol. The summed E-state index contributed by atoms with van der Waals surface area (Å²) < 4.78 is 0. The van der Waals surface area contributed by atoms with Crippen LogP contribution in [0.1, 0.15) is 25.3 Å². The second-order valence-electron chi connectivity index (χ2n) is 5.56. The molecule has 2 N–H and O–H groups in total. The van der Waals surface area contributed by atoms with E-state index in [0.29, 0.717) is 17.7 Å². The van der Waals surface area contributed by atoms with Gasteiger partial charge in [-0.05, 0) is 35.7 Å². The number of nitrogens with zero attached hydrogens (tertiary/aromatic N) is 3. The summed E-state index contributed by atoms with van der Waals surface area (Å²) in [5.41, 5.74) is 3.20. The van der Waals surface area contributed by atoms with Gasteiger partial charge in [0.05, 0.1) is 6.20 Å². The van der Waals surface area contributed by atoms with Crippen molar-refractivity contribution in [3.8, 4) is 0 Å². The lowest BCUT2D eigenvalue weighted by Crippen LogP contribution is -2.02. The van der Waals surface area contributed by atoms with Crippen molar-refractivity contribution in [2.45, 2.75) is 19.8 Å². The molecule has 0 bridgehead atoms. The highest BCUT2D eigenvalue weighted by atomic mass is 15.3. The monoisotopic (exact) mass is 305 g/mol. The van der Waals surface area contributed by atoms with Crippen LogP contribution in [-0.4, -0.2) is 15.2 Å². The Balaban J connectivity index is 1.72. The van der Waals surface area contributed by atoms with Gasteiger partial charge in [0, 0.05) is 11.4 Å². The van der Waals surface area contributed by atoms with E-state index in [9.17, 15) is 0 Å². The summed E-state index contributed by atoms with van der Waals surface area (Å²) in [6.45, 7) is 4.35. The second-order valence-corrected chi connectivity index (χ2v) is 5.56. The Labute approximate surface area is 135 Å². The van der Waals surface area contributed by atoms with Crippen molar-refractivity contribution in [1.82, 2.24) is 15.2 Å². The van der Waals surface area contributed by atoms with Crippen LogP contribution in [0.25, 0.3) is 0 Å². The summed E-state index contributed by atoms with van der Waals surface area (Å²) in [5.74, 6) is 1.62. The Hall–Kier alpha value is -2.95. The van der Waals surface area contributed by atoms with Gasteiger partial charge in [0.1, 0.15) is 0 Å². The van der Waals surface area contributed by atoms with Crippen LogP contribution in [0.15, 0.2) is 60.8 Å². The zero-order valence-corrected chi connectivity index (χ0v) is 13.2. The molecule has 5 heteroatoms. The minimum absolute atomic E-state index is 0.461. The van der Waals surface area contributed by atoms with Gasteiger partial charge in [-0.15, -0.1) is 5.10 Å². The van der Waals surface area contributed by atoms with Crippen molar-refractivity contribution in [2.75, 3.05) is 10.6 Å². The molecular weight excluding hydrogens is 286 g/mol. The van der Waals surface area contributed by atoms with Crippen molar-refractivity contribution in [1.29, 1.82) is 0 Å². The van der Waals surface area contributed by atoms with Crippen molar-refractivity contribution >= 4 is 23.1 Å². The van der Waals surface area contributed by atoms with E-state index < -0.39 is 0 Å². The van der Waals surface area contributed by atoms with E-state index in [1.165, 1.54) is 5.56 Å². The third kappa shape index (κ3) is 4.03. The fourth-order valence-electron chi connectivity index (χ4n) is 2.17. The molecule has 0 aliphatic carbocycles. The van der Waals surface area contributed by atoms with Crippen LogP contribution in [0, 0.1) is 0 Å². The molecule has 0 aliphatic rings. The number of anilines is 4. The molecule has 5 nitrogen and oxygen atoms in total. The molecule has 0 radical (unpaired) electrons. The molecule has 2 aromatic carbocycles. The zero-order chi connectivity index (χ0) is 16.1. The third-order valence-corrected chi connectivity index (χ3v) is 3.44. The molecule has 23 heavy (non-hydrogen) atoms. The van der Waals surface area contributed by atoms with Crippen LogP contribution in [0.2, 0.25) is 0 Å². The lowest BCUT2D eigenvalue weighted by atomic mass is 10.0. The smallest absolute Gasteiger partial charge is 0.249 e. The number of rotatable bonds is 5. The van der Waals surface area contributed by atoms with Crippen LogP contribution >= 0.6 is 0 Å². The third-order valence-electron chi connectivity index (χ3n) is 3.44. The second kappa shape index (κ2) is 6.87. The Bertz CT molecular complexity index is 754. The quantitative estimate of drug-likeness (QED) is 0.727. The highest BCUT2D eigenvalue weighted by Gasteiger charge is 2.03. The van der Waals surface area contributed by atoms with Crippen molar-refractivity contribution in [2.24, 2.45) is 0 Å². The summed E-state index contributed by atoms with van der Waals surface area (Å²) in [6.07, 6.45) is 1.60. The number of hydrogen-bond donors (Lipinski definition) is 2. The van der Waals surface area contributed by atoms with Gasteiger partial charge in [-0.3, -0.25) is 0 Å². The van der Waals surface area contributed by atoms with E-state index >= 15 is 0 Å². The fourth-order valence-corrected chi connectivity index (χ4v) is 2.17. The normalized spacial score (nSPS) is 10.6. The van der Waals surface area contributed by atoms with Crippen molar-refractivity contribution < 1.29 is 0 Å². The molecular formula is C18H19N5. The maximum absolute atomic E-state index is 4.43. The predicted molar refractivity (Wildman–Crippen MR) is 93.4 cm³/mol. The standard InChI is InChI=1S/C18H19N5/c1-13(2)14-8-10-16(11-9-14)21-18-22-17(12-19-23-18)20-15-6-4-3-5-7-15/h3-13H,1-2H3,(H2,20,21,22,23). The summed E-state index contributed by atoms with van der Waals surface area (Å²) in [5, 5.41) is 14.4. The van der Waals surface area contributed by atoms with E-state index in [1.807, 2.05) is 42.5 Å². The van der Waals surface area contributed by atoms with Gasteiger partial charge in [-0.25, -0.2) is 0 Å². The molecule has 0 atom stereocenters. The molecule has 3 aromatic rings. The molecule has 0 saturated carbocycles. The largest absolute Gasteiger partial charge is 0.339 e. The van der Waals surface area contributed by atoms with E-state index in [4.69, 9.17) is 0 Å². The number of nitrogens with one attached hydrogen (secondary N) is 2. The van der Waals surface area contributed by atoms with Crippen LogP contribution in [0.3, 0.4) is 0 Å². The Kier molecular flexibility index (Phi) is 4.47. The Morgan fingerprint density at radius 1 is 0.826 bits per heavy atom. The first-order chi connectivity index (χ1) is 11.2. The van der Waals surface area contributed by atoms with Crippen LogP contribution in [-0.2, 0) is 0 Å². The molecule has 116 valence electrons. The van der Waals surface area contributed by atoms with Crippen LogP contribution in [0.4, 0.5) is 23.1 Å². The Morgan fingerprint density at radius 3 is 2.22 bits per heavy atom. The maximum Gasteiger partial charge on any atom is 0.249 e. The minimum Gasteiger partial charge on any atom is -0.339 e. The molecule has 0 aliphatic heterocycles. The fraction of sp³-hybridized carbons (Fsp3) is 0.167. The van der Waals surface area contributed by atoms with Crippen molar-refractivity contribution in [3.63, 3.8) is 0 Å². The average Bonchev–Trinajstić information content (AvgIpc) is 2.57. The first-order valence-corrected chi connectivity index (χ1v) is 7.59. The number of para-hydroxylation sites is 1. The van der Waals surface area contributed by atoms with Crippen molar-refractivity contribution in [3.05, 3.63) is 66.4 Å². The molecule has 1 heterocycles. The lowest BCUT2D eigenvalue weighted by Gasteiger charge is -2.09. The highest BCUT2D eigenvalue weighted by Crippen LogP contribution is 2.20. The van der Waals surface area contributed by atoms with Crippen LogP contribution < -0.4 is 10.6 Å². The van der Waals surface area contributed by atoms with Gasteiger partial charge in [0.15, 0.2) is 5.82 Å². The molecule has 0 amide bonds. The molecule has 3 rings (SSSR count). The number of benzene rings is 2. The van der Waals surface area contributed by atoms with Gasteiger partial charge >= 0.3 is 0 Å². The van der Waals surface area contributed by atoms with Gasteiger partial charge < -0.3 is 10.6 Å². The summed E-state index contributed by atoms with van der Waals surface area (Å²) in [7, 11) is 0.